The average molecular weight is 708 g/mol. The number of hydrogen-bond acceptors (Lipinski definition) is 6. The SMILES string of the molecule is CCCCCCCCC(CCCCCC)CO[C@@H]1[C@@H](OCC(CCCCCC)CCCCCCCC)CO[C@@H]1COC(=O)C1(C)CCN(C)C1. The van der Waals surface area contributed by atoms with Gasteiger partial charge in [0, 0.05) is 6.54 Å². The molecule has 2 rings (SSSR count). The Kier molecular flexibility index (Phi) is 26.2. The second-order valence-electron chi connectivity index (χ2n) is 16.7. The third kappa shape index (κ3) is 19.4. The largest absolute Gasteiger partial charge is 0.462 e. The second kappa shape index (κ2) is 28.8. The lowest BCUT2D eigenvalue weighted by molar-refractivity contribution is -0.160. The normalized spacial score (nSPS) is 23.8. The van der Waals surface area contributed by atoms with Gasteiger partial charge in [0.15, 0.2) is 0 Å². The van der Waals surface area contributed by atoms with E-state index < -0.39 is 5.41 Å². The van der Waals surface area contributed by atoms with Gasteiger partial charge in [-0.15, -0.1) is 0 Å². The van der Waals surface area contributed by atoms with E-state index in [-0.39, 0.29) is 30.9 Å². The van der Waals surface area contributed by atoms with Crippen LogP contribution in [0.25, 0.3) is 0 Å². The van der Waals surface area contributed by atoms with Gasteiger partial charge in [-0.1, -0.05) is 156 Å². The Morgan fingerprint density at radius 2 is 1.12 bits per heavy atom. The van der Waals surface area contributed by atoms with Crippen molar-refractivity contribution in [2.24, 2.45) is 17.3 Å². The molecule has 0 amide bonds. The van der Waals surface area contributed by atoms with Crippen LogP contribution in [0.4, 0.5) is 0 Å². The number of ether oxygens (including phenoxy) is 4. The number of carbonyl (C=O) groups is 1. The molecular formula is C44H85NO5. The van der Waals surface area contributed by atoms with Crippen molar-refractivity contribution in [3.05, 3.63) is 0 Å². The van der Waals surface area contributed by atoms with Crippen LogP contribution in [-0.4, -0.2) is 75.7 Å². The first-order valence-electron chi connectivity index (χ1n) is 22.1. The van der Waals surface area contributed by atoms with E-state index in [1.54, 1.807) is 0 Å². The summed E-state index contributed by atoms with van der Waals surface area (Å²) >= 11 is 0. The second-order valence-corrected chi connectivity index (χ2v) is 16.7. The Balaban J connectivity index is 2.05. The molecule has 296 valence electrons. The highest BCUT2D eigenvalue weighted by atomic mass is 16.6. The molecule has 2 aliphatic heterocycles. The molecule has 6 heteroatoms. The number of nitrogens with zero attached hydrogens (tertiary/aromatic N) is 1. The Bertz CT molecular complexity index is 809. The topological polar surface area (TPSA) is 57.2 Å². The molecule has 2 fully saturated rings. The van der Waals surface area contributed by atoms with Crippen LogP contribution >= 0.6 is 0 Å². The summed E-state index contributed by atoms with van der Waals surface area (Å²) in [4.78, 5) is 15.5. The van der Waals surface area contributed by atoms with Crippen molar-refractivity contribution in [1.82, 2.24) is 4.90 Å². The van der Waals surface area contributed by atoms with E-state index in [9.17, 15) is 4.79 Å². The van der Waals surface area contributed by atoms with Crippen molar-refractivity contribution in [3.63, 3.8) is 0 Å². The number of unbranched alkanes of at least 4 members (excludes halogenated alkanes) is 16. The van der Waals surface area contributed by atoms with Gasteiger partial charge in [-0.3, -0.25) is 4.79 Å². The van der Waals surface area contributed by atoms with E-state index in [2.05, 4.69) is 39.6 Å². The Morgan fingerprint density at radius 1 is 0.680 bits per heavy atom. The maximum absolute atomic E-state index is 13.3. The minimum Gasteiger partial charge on any atom is -0.462 e. The third-order valence-corrected chi connectivity index (χ3v) is 11.7. The quantitative estimate of drug-likeness (QED) is 0.0500. The van der Waals surface area contributed by atoms with Gasteiger partial charge < -0.3 is 23.8 Å². The Labute approximate surface area is 311 Å². The van der Waals surface area contributed by atoms with Gasteiger partial charge in [-0.05, 0) is 64.5 Å². The van der Waals surface area contributed by atoms with Crippen LogP contribution in [-0.2, 0) is 23.7 Å². The van der Waals surface area contributed by atoms with Gasteiger partial charge in [0.25, 0.3) is 0 Å². The van der Waals surface area contributed by atoms with Crippen LogP contribution in [0.2, 0.25) is 0 Å². The zero-order valence-electron chi connectivity index (χ0n) is 34.3. The molecule has 0 radical (unpaired) electrons. The zero-order chi connectivity index (χ0) is 36.3. The average Bonchev–Trinajstić information content (AvgIpc) is 3.68. The number of hydrogen-bond donors (Lipinski definition) is 0. The zero-order valence-corrected chi connectivity index (χ0v) is 34.3. The molecule has 0 spiro atoms. The fourth-order valence-electron chi connectivity index (χ4n) is 8.11. The van der Waals surface area contributed by atoms with Crippen LogP contribution < -0.4 is 0 Å². The highest BCUT2D eigenvalue weighted by Gasteiger charge is 2.44. The van der Waals surface area contributed by atoms with Crippen LogP contribution in [0, 0.1) is 17.3 Å². The maximum Gasteiger partial charge on any atom is 0.313 e. The summed E-state index contributed by atoms with van der Waals surface area (Å²) in [5.41, 5.74) is -0.443. The van der Waals surface area contributed by atoms with Crippen molar-refractivity contribution in [2.75, 3.05) is 46.6 Å². The maximum atomic E-state index is 13.3. The molecular weight excluding hydrogens is 622 g/mol. The summed E-state index contributed by atoms with van der Waals surface area (Å²) in [5.74, 6) is 1.06. The molecule has 0 saturated carbocycles. The van der Waals surface area contributed by atoms with Crippen LogP contribution in [0.3, 0.4) is 0 Å². The van der Waals surface area contributed by atoms with Crippen LogP contribution in [0.5, 0.6) is 0 Å². The molecule has 0 bridgehead atoms. The highest BCUT2D eigenvalue weighted by molar-refractivity contribution is 5.77. The van der Waals surface area contributed by atoms with Crippen LogP contribution in [0.15, 0.2) is 0 Å². The molecule has 2 heterocycles. The smallest absolute Gasteiger partial charge is 0.313 e. The predicted octanol–water partition coefficient (Wildman–Crippen LogP) is 11.7. The van der Waals surface area contributed by atoms with Gasteiger partial charge in [0.1, 0.15) is 24.9 Å². The lowest BCUT2D eigenvalue weighted by Gasteiger charge is -2.28. The summed E-state index contributed by atoms with van der Waals surface area (Å²) in [5, 5.41) is 0. The van der Waals surface area contributed by atoms with Crippen molar-refractivity contribution in [1.29, 1.82) is 0 Å². The molecule has 3 unspecified atom stereocenters. The number of rotatable bonds is 33. The standard InChI is InChI=1S/C44H85NO5/c1-7-11-15-19-21-25-29-38(27-23-17-13-9-3)33-47-40-35-48-41(36-50-43(46)44(5)31-32-45(6)37-44)42(40)49-34-39(28-24-18-14-10-4)30-26-22-20-16-12-8-2/h38-42H,7-37H2,1-6H3/t38?,39?,40-,41+,42+,44?/m0/s1. The molecule has 0 aliphatic carbocycles. The van der Waals surface area contributed by atoms with Gasteiger partial charge in [0.2, 0.25) is 0 Å². The summed E-state index contributed by atoms with van der Waals surface area (Å²) < 4.78 is 26.0. The molecule has 0 aromatic rings. The van der Waals surface area contributed by atoms with E-state index in [4.69, 9.17) is 18.9 Å². The van der Waals surface area contributed by atoms with Crippen LogP contribution in [0.1, 0.15) is 195 Å². The molecule has 2 saturated heterocycles. The van der Waals surface area contributed by atoms with Gasteiger partial charge in [-0.2, -0.15) is 0 Å². The predicted molar refractivity (Wildman–Crippen MR) is 211 cm³/mol. The first-order chi connectivity index (χ1) is 24.4. The summed E-state index contributed by atoms with van der Waals surface area (Å²) in [6, 6.07) is 0. The number of esters is 1. The molecule has 2 aliphatic rings. The minimum atomic E-state index is -0.443. The summed E-state index contributed by atoms with van der Waals surface area (Å²) in [6.07, 6.45) is 31.6. The first kappa shape index (κ1) is 45.5. The summed E-state index contributed by atoms with van der Waals surface area (Å²) in [6.45, 7) is 15.2. The van der Waals surface area contributed by atoms with Gasteiger partial charge in [0.05, 0.1) is 25.2 Å². The van der Waals surface area contributed by atoms with E-state index >= 15 is 0 Å². The molecule has 0 aromatic carbocycles. The lowest BCUT2D eigenvalue weighted by Crippen LogP contribution is -2.41. The highest BCUT2D eigenvalue weighted by Crippen LogP contribution is 2.32. The van der Waals surface area contributed by atoms with Crippen molar-refractivity contribution >= 4 is 5.97 Å². The van der Waals surface area contributed by atoms with E-state index in [0.717, 1.165) is 32.7 Å². The molecule has 0 aromatic heterocycles. The first-order valence-corrected chi connectivity index (χ1v) is 22.1. The van der Waals surface area contributed by atoms with E-state index in [1.165, 1.54) is 154 Å². The summed E-state index contributed by atoms with van der Waals surface area (Å²) in [7, 11) is 2.08. The number of carbonyl (C=O) groups excluding carboxylic acids is 1. The fourth-order valence-corrected chi connectivity index (χ4v) is 8.11. The van der Waals surface area contributed by atoms with Crippen molar-refractivity contribution in [3.8, 4) is 0 Å². The molecule has 6 atom stereocenters. The van der Waals surface area contributed by atoms with Gasteiger partial charge in [-0.25, -0.2) is 0 Å². The molecule has 0 N–H and O–H groups in total. The third-order valence-electron chi connectivity index (χ3n) is 11.7. The van der Waals surface area contributed by atoms with E-state index in [0.29, 0.717) is 18.4 Å². The molecule has 50 heavy (non-hydrogen) atoms. The minimum absolute atomic E-state index is 0.100. The number of likely N-dealkylation sites (tertiary alicyclic amines) is 1. The van der Waals surface area contributed by atoms with Gasteiger partial charge >= 0.3 is 5.97 Å². The monoisotopic (exact) mass is 708 g/mol. The fraction of sp³-hybridized carbons (Fsp3) is 0.977. The Morgan fingerprint density at radius 3 is 1.58 bits per heavy atom. The van der Waals surface area contributed by atoms with E-state index in [1.807, 2.05) is 6.92 Å². The lowest BCUT2D eigenvalue weighted by atomic mass is 9.90. The van der Waals surface area contributed by atoms with Crippen molar-refractivity contribution < 1.29 is 23.7 Å². The Hall–Kier alpha value is -0.690. The molecule has 6 nitrogen and oxygen atoms in total. The van der Waals surface area contributed by atoms with Crippen molar-refractivity contribution in [2.45, 2.75) is 213 Å².